The van der Waals surface area contributed by atoms with Crippen molar-refractivity contribution in [3.63, 3.8) is 0 Å². The molecule has 2 N–H and O–H groups in total. The van der Waals surface area contributed by atoms with Crippen molar-refractivity contribution in [2.75, 3.05) is 0 Å². The molecule has 2 rings (SSSR count). The molecule has 2 atom stereocenters. The first-order chi connectivity index (χ1) is 8.68. The average molecular weight is 298 g/mol. The van der Waals surface area contributed by atoms with Gasteiger partial charge in [-0.3, -0.25) is 0 Å². The molecule has 0 bridgehead atoms. The second-order valence-corrected chi connectivity index (χ2v) is 6.71. The number of rotatable bonds is 5. The molecule has 0 aliphatic rings. The van der Waals surface area contributed by atoms with Crippen molar-refractivity contribution >= 4 is 34.7 Å². The van der Waals surface area contributed by atoms with E-state index in [1.54, 1.807) is 11.3 Å². The van der Waals surface area contributed by atoms with Crippen LogP contribution in [0.15, 0.2) is 41.8 Å². The number of thiophene rings is 1. The summed E-state index contributed by atoms with van der Waals surface area (Å²) in [6.07, 6.45) is 0. The van der Waals surface area contributed by atoms with Gasteiger partial charge in [-0.2, -0.15) is 0 Å². The Morgan fingerprint density at radius 1 is 1.28 bits per heavy atom. The summed E-state index contributed by atoms with van der Waals surface area (Å²) in [6.45, 7) is 2.06. The predicted molar refractivity (Wildman–Crippen MR) is 83.5 cm³/mol. The van der Waals surface area contributed by atoms with Crippen LogP contribution in [0.3, 0.4) is 0 Å². The Labute approximate surface area is 121 Å². The fraction of sp³-hybridized carbons (Fsp3) is 0.286. The van der Waals surface area contributed by atoms with Gasteiger partial charge in [-0.25, -0.2) is 0 Å². The molecule has 96 valence electrons. The van der Waals surface area contributed by atoms with Crippen molar-refractivity contribution in [2.45, 2.75) is 24.0 Å². The molecule has 0 fully saturated rings. The molecule has 0 aliphatic carbocycles. The van der Waals surface area contributed by atoms with Crippen LogP contribution in [0, 0.1) is 0 Å². The van der Waals surface area contributed by atoms with E-state index >= 15 is 0 Å². The number of nitrogens with two attached hydrogens (primary N) is 1. The molecule has 0 radical (unpaired) electrons. The van der Waals surface area contributed by atoms with Crippen LogP contribution in [0.5, 0.6) is 0 Å². The van der Waals surface area contributed by atoms with E-state index in [0.717, 1.165) is 10.8 Å². The van der Waals surface area contributed by atoms with Crippen LogP contribution in [0.4, 0.5) is 0 Å². The zero-order valence-corrected chi connectivity index (χ0v) is 12.6. The van der Waals surface area contributed by atoms with Gasteiger partial charge in [-0.1, -0.05) is 35.9 Å². The summed E-state index contributed by atoms with van der Waals surface area (Å²) in [5, 5.41) is 3.27. The van der Waals surface area contributed by atoms with Gasteiger partial charge >= 0.3 is 0 Å². The maximum absolute atomic E-state index is 6.17. The molecule has 1 nitrogen and oxygen atoms in total. The second kappa shape index (κ2) is 6.62. The molecule has 0 aliphatic heterocycles. The zero-order chi connectivity index (χ0) is 13.0. The maximum Gasteiger partial charge on any atom is 0.0542 e. The Balaban J connectivity index is 2.05. The molecule has 1 aromatic heterocycles. The molecule has 2 unspecified atom stereocenters. The van der Waals surface area contributed by atoms with Crippen LogP contribution in [-0.4, -0.2) is 6.04 Å². The normalized spacial score (nSPS) is 14.4. The minimum atomic E-state index is 0.135. The van der Waals surface area contributed by atoms with Gasteiger partial charge in [-0.15, -0.1) is 23.1 Å². The second-order valence-electron chi connectivity index (χ2n) is 4.20. The summed E-state index contributed by atoms with van der Waals surface area (Å²) in [5.41, 5.74) is 7.26. The van der Waals surface area contributed by atoms with Gasteiger partial charge in [0, 0.05) is 21.7 Å². The van der Waals surface area contributed by atoms with E-state index in [2.05, 4.69) is 30.5 Å². The van der Waals surface area contributed by atoms with Crippen molar-refractivity contribution in [2.24, 2.45) is 5.73 Å². The minimum Gasteiger partial charge on any atom is -0.327 e. The van der Waals surface area contributed by atoms with E-state index in [0.29, 0.717) is 5.25 Å². The van der Waals surface area contributed by atoms with E-state index < -0.39 is 0 Å². The van der Waals surface area contributed by atoms with Gasteiger partial charge < -0.3 is 5.73 Å². The van der Waals surface area contributed by atoms with Crippen LogP contribution in [0.2, 0.25) is 5.02 Å². The molecule has 1 heterocycles. The fourth-order valence-corrected chi connectivity index (χ4v) is 4.37. The molecule has 0 spiro atoms. The predicted octanol–water partition coefficient (Wildman–Crippen LogP) is 4.72. The highest BCUT2D eigenvalue weighted by atomic mass is 35.5. The summed E-state index contributed by atoms with van der Waals surface area (Å²) in [6, 6.07) is 12.3. The van der Waals surface area contributed by atoms with Crippen molar-refractivity contribution in [3.05, 3.63) is 57.2 Å². The van der Waals surface area contributed by atoms with Crippen LogP contribution in [-0.2, 0) is 5.75 Å². The van der Waals surface area contributed by atoms with Crippen molar-refractivity contribution in [1.29, 1.82) is 0 Å². The molecule has 1 aromatic carbocycles. The summed E-state index contributed by atoms with van der Waals surface area (Å²) >= 11 is 9.79. The van der Waals surface area contributed by atoms with Gasteiger partial charge in [0.15, 0.2) is 0 Å². The summed E-state index contributed by atoms with van der Waals surface area (Å²) < 4.78 is 0. The fourth-order valence-electron chi connectivity index (χ4n) is 1.74. The zero-order valence-electron chi connectivity index (χ0n) is 10.2. The number of halogens is 1. The Morgan fingerprint density at radius 3 is 2.67 bits per heavy atom. The van der Waals surface area contributed by atoms with Crippen LogP contribution in [0.25, 0.3) is 0 Å². The summed E-state index contributed by atoms with van der Waals surface area (Å²) in [4.78, 5) is 1.34. The lowest BCUT2D eigenvalue weighted by Gasteiger charge is -2.19. The third kappa shape index (κ3) is 3.51. The third-order valence-electron chi connectivity index (χ3n) is 2.68. The van der Waals surface area contributed by atoms with Gasteiger partial charge in [0.05, 0.1) is 5.25 Å². The third-order valence-corrected chi connectivity index (χ3v) is 5.67. The van der Waals surface area contributed by atoms with Crippen molar-refractivity contribution in [1.82, 2.24) is 0 Å². The van der Waals surface area contributed by atoms with Crippen LogP contribution in [0.1, 0.15) is 22.6 Å². The lowest BCUT2D eigenvalue weighted by molar-refractivity contribution is 0.730. The highest BCUT2D eigenvalue weighted by molar-refractivity contribution is 7.98. The Morgan fingerprint density at radius 2 is 2.06 bits per heavy atom. The largest absolute Gasteiger partial charge is 0.327 e. The summed E-state index contributed by atoms with van der Waals surface area (Å²) in [7, 11) is 0. The first kappa shape index (κ1) is 13.9. The molecule has 2 aromatic rings. The Hall–Kier alpha value is -0.480. The van der Waals surface area contributed by atoms with Crippen LogP contribution >= 0.6 is 34.7 Å². The number of benzene rings is 1. The van der Waals surface area contributed by atoms with Gasteiger partial charge in [-0.05, 0) is 30.0 Å². The van der Waals surface area contributed by atoms with E-state index in [4.69, 9.17) is 17.3 Å². The first-order valence-corrected chi connectivity index (χ1v) is 8.13. The molecule has 18 heavy (non-hydrogen) atoms. The lowest BCUT2D eigenvalue weighted by Crippen LogP contribution is -2.22. The number of thioether (sulfide) groups is 1. The highest BCUT2D eigenvalue weighted by Gasteiger charge is 2.18. The molecule has 4 heteroatoms. The van der Waals surface area contributed by atoms with E-state index in [1.165, 1.54) is 10.4 Å². The molecular weight excluding hydrogens is 282 g/mol. The van der Waals surface area contributed by atoms with Crippen LogP contribution < -0.4 is 5.73 Å². The number of hydrogen-bond donors (Lipinski definition) is 1. The van der Waals surface area contributed by atoms with E-state index in [1.807, 2.05) is 30.0 Å². The topological polar surface area (TPSA) is 26.0 Å². The SMILES string of the molecule is CC(N)C(SCc1ccccc1Cl)c1cccs1. The Kier molecular flexibility index (Phi) is 5.13. The Bertz CT molecular complexity index is 482. The first-order valence-electron chi connectivity index (χ1n) is 5.82. The molecule has 0 saturated heterocycles. The van der Waals surface area contributed by atoms with Gasteiger partial charge in [0.25, 0.3) is 0 Å². The smallest absolute Gasteiger partial charge is 0.0542 e. The molecule has 0 saturated carbocycles. The maximum atomic E-state index is 6.17. The van der Waals surface area contributed by atoms with Crippen molar-refractivity contribution < 1.29 is 0 Å². The monoisotopic (exact) mass is 297 g/mol. The molecular formula is C14H16ClNS2. The number of hydrogen-bond acceptors (Lipinski definition) is 3. The average Bonchev–Trinajstić information content (AvgIpc) is 2.85. The summed E-state index contributed by atoms with van der Waals surface area (Å²) in [5.74, 6) is 0.893. The quantitative estimate of drug-likeness (QED) is 0.864. The minimum absolute atomic E-state index is 0.135. The van der Waals surface area contributed by atoms with Crippen molar-refractivity contribution in [3.8, 4) is 0 Å². The van der Waals surface area contributed by atoms with E-state index in [-0.39, 0.29) is 6.04 Å². The van der Waals surface area contributed by atoms with Gasteiger partial charge in [0.1, 0.15) is 0 Å². The van der Waals surface area contributed by atoms with E-state index in [9.17, 15) is 0 Å². The molecule has 0 amide bonds. The standard InChI is InChI=1S/C14H16ClNS2/c1-10(16)14(13-7-4-8-17-13)18-9-11-5-2-3-6-12(11)15/h2-8,10,14H,9,16H2,1H3. The highest BCUT2D eigenvalue weighted by Crippen LogP contribution is 2.37. The van der Waals surface area contributed by atoms with Gasteiger partial charge in [0.2, 0.25) is 0 Å². The lowest BCUT2D eigenvalue weighted by atomic mass is 10.2.